The first-order chi connectivity index (χ1) is 10.2. The maximum atomic E-state index is 5.88. The molecule has 21 heavy (non-hydrogen) atoms. The van der Waals surface area contributed by atoms with Crippen molar-refractivity contribution in [2.75, 3.05) is 26.9 Å². The molecular weight excluding hydrogens is 262 g/mol. The van der Waals surface area contributed by atoms with Crippen LogP contribution >= 0.6 is 0 Å². The number of hydrogen-bond donors (Lipinski definition) is 1. The van der Waals surface area contributed by atoms with Crippen LogP contribution in [-0.4, -0.2) is 26.9 Å². The molecule has 0 fully saturated rings. The van der Waals surface area contributed by atoms with E-state index in [-0.39, 0.29) is 0 Å². The van der Waals surface area contributed by atoms with Gasteiger partial charge in [-0.2, -0.15) is 0 Å². The lowest BCUT2D eigenvalue weighted by Crippen LogP contribution is -2.20. The lowest BCUT2D eigenvalue weighted by Gasteiger charge is -2.15. The van der Waals surface area contributed by atoms with E-state index in [1.54, 1.807) is 7.11 Å². The molecule has 0 spiro atoms. The van der Waals surface area contributed by atoms with Crippen LogP contribution in [-0.2, 0) is 11.3 Å². The minimum absolute atomic E-state index is 0.575. The van der Waals surface area contributed by atoms with Crippen molar-refractivity contribution < 1.29 is 9.47 Å². The number of fused-ring (bicyclic) bond motifs is 1. The zero-order valence-electron chi connectivity index (χ0n) is 13.2. The zero-order valence-corrected chi connectivity index (χ0v) is 13.2. The van der Waals surface area contributed by atoms with E-state index in [2.05, 4.69) is 55.6 Å². The molecule has 0 heterocycles. The third-order valence-corrected chi connectivity index (χ3v) is 3.40. The van der Waals surface area contributed by atoms with Crippen LogP contribution in [0.25, 0.3) is 10.8 Å². The fourth-order valence-electron chi connectivity index (χ4n) is 2.35. The van der Waals surface area contributed by atoms with Gasteiger partial charge in [-0.15, -0.1) is 0 Å². The van der Waals surface area contributed by atoms with E-state index >= 15 is 0 Å². The van der Waals surface area contributed by atoms with Crippen molar-refractivity contribution in [3.63, 3.8) is 0 Å². The third kappa shape index (κ3) is 4.45. The van der Waals surface area contributed by atoms with Gasteiger partial charge in [-0.3, -0.25) is 0 Å². The van der Waals surface area contributed by atoms with Crippen LogP contribution in [0.3, 0.4) is 0 Å². The molecular formula is C18H25NO2. The Kier molecular flexibility index (Phi) is 6.03. The monoisotopic (exact) mass is 287 g/mol. The lowest BCUT2D eigenvalue weighted by atomic mass is 10.0. The predicted octanol–water partition coefficient (Wildman–Crippen LogP) is 3.61. The molecule has 0 unspecified atom stereocenters. The summed E-state index contributed by atoms with van der Waals surface area (Å²) in [6, 6.07) is 12.6. The Balaban J connectivity index is 2.23. The summed E-state index contributed by atoms with van der Waals surface area (Å²) in [4.78, 5) is 0. The van der Waals surface area contributed by atoms with Crippen LogP contribution in [0.1, 0.15) is 19.4 Å². The summed E-state index contributed by atoms with van der Waals surface area (Å²) < 4.78 is 10.9. The fourth-order valence-corrected chi connectivity index (χ4v) is 2.35. The molecule has 0 aliphatic rings. The van der Waals surface area contributed by atoms with Gasteiger partial charge in [-0.25, -0.2) is 0 Å². The van der Waals surface area contributed by atoms with Gasteiger partial charge in [0.1, 0.15) is 12.4 Å². The van der Waals surface area contributed by atoms with Crippen LogP contribution in [0.15, 0.2) is 36.4 Å². The summed E-state index contributed by atoms with van der Waals surface area (Å²) in [6.45, 7) is 7.43. The first kappa shape index (κ1) is 15.8. The van der Waals surface area contributed by atoms with Crippen LogP contribution < -0.4 is 10.1 Å². The molecule has 0 radical (unpaired) electrons. The van der Waals surface area contributed by atoms with Crippen molar-refractivity contribution in [3.8, 4) is 5.75 Å². The Hall–Kier alpha value is -1.58. The van der Waals surface area contributed by atoms with Crippen LogP contribution in [0.5, 0.6) is 5.75 Å². The molecule has 0 atom stereocenters. The SMILES string of the molecule is COCCOc1ccc2ccccc2c1CNCC(C)C. The largest absolute Gasteiger partial charge is 0.491 e. The second kappa shape index (κ2) is 8.01. The van der Waals surface area contributed by atoms with Gasteiger partial charge < -0.3 is 14.8 Å². The highest BCUT2D eigenvalue weighted by Gasteiger charge is 2.09. The highest BCUT2D eigenvalue weighted by atomic mass is 16.5. The maximum absolute atomic E-state index is 5.88. The number of ether oxygens (including phenoxy) is 2. The first-order valence-electron chi connectivity index (χ1n) is 7.55. The zero-order chi connectivity index (χ0) is 15.1. The molecule has 3 heteroatoms. The summed E-state index contributed by atoms with van der Waals surface area (Å²) in [5, 5.41) is 6.01. The summed E-state index contributed by atoms with van der Waals surface area (Å²) in [5.41, 5.74) is 1.23. The molecule has 2 aromatic carbocycles. The highest BCUT2D eigenvalue weighted by Crippen LogP contribution is 2.28. The fraction of sp³-hybridized carbons (Fsp3) is 0.444. The molecule has 2 aromatic rings. The molecule has 114 valence electrons. The molecule has 0 saturated heterocycles. The Bertz CT molecular complexity index is 566. The Morgan fingerprint density at radius 1 is 1.05 bits per heavy atom. The van der Waals surface area contributed by atoms with E-state index < -0.39 is 0 Å². The van der Waals surface area contributed by atoms with Crippen molar-refractivity contribution >= 4 is 10.8 Å². The van der Waals surface area contributed by atoms with Gasteiger partial charge in [0.05, 0.1) is 6.61 Å². The van der Waals surface area contributed by atoms with E-state index in [9.17, 15) is 0 Å². The average Bonchev–Trinajstić information content (AvgIpc) is 2.48. The topological polar surface area (TPSA) is 30.5 Å². The van der Waals surface area contributed by atoms with Crippen molar-refractivity contribution in [2.24, 2.45) is 5.92 Å². The van der Waals surface area contributed by atoms with E-state index in [0.717, 1.165) is 18.8 Å². The van der Waals surface area contributed by atoms with Crippen molar-refractivity contribution in [1.82, 2.24) is 5.32 Å². The van der Waals surface area contributed by atoms with E-state index in [0.29, 0.717) is 19.1 Å². The number of nitrogens with one attached hydrogen (secondary N) is 1. The molecule has 0 aromatic heterocycles. The number of hydrogen-bond acceptors (Lipinski definition) is 3. The lowest BCUT2D eigenvalue weighted by molar-refractivity contribution is 0.146. The summed E-state index contributed by atoms with van der Waals surface area (Å²) in [5.74, 6) is 1.58. The van der Waals surface area contributed by atoms with Gasteiger partial charge in [-0.1, -0.05) is 44.2 Å². The maximum Gasteiger partial charge on any atom is 0.124 e. The predicted molar refractivity (Wildman–Crippen MR) is 87.9 cm³/mol. The van der Waals surface area contributed by atoms with Crippen LogP contribution in [0.2, 0.25) is 0 Å². The van der Waals surface area contributed by atoms with Gasteiger partial charge in [0.15, 0.2) is 0 Å². The van der Waals surface area contributed by atoms with E-state index in [1.807, 2.05) is 0 Å². The summed E-state index contributed by atoms with van der Waals surface area (Å²) in [7, 11) is 1.69. The van der Waals surface area contributed by atoms with Crippen LogP contribution in [0.4, 0.5) is 0 Å². The standard InChI is InChI=1S/C18H25NO2/c1-14(2)12-19-13-17-16-7-5-4-6-15(16)8-9-18(17)21-11-10-20-3/h4-9,14,19H,10-13H2,1-3H3. The van der Waals surface area contributed by atoms with Gasteiger partial charge in [0.2, 0.25) is 0 Å². The van der Waals surface area contributed by atoms with E-state index in [1.165, 1.54) is 16.3 Å². The number of rotatable bonds is 8. The van der Waals surface area contributed by atoms with Crippen LogP contribution in [0, 0.1) is 5.92 Å². The number of benzene rings is 2. The first-order valence-corrected chi connectivity index (χ1v) is 7.55. The highest BCUT2D eigenvalue weighted by molar-refractivity contribution is 5.87. The molecule has 0 bridgehead atoms. The molecule has 0 amide bonds. The summed E-state index contributed by atoms with van der Waals surface area (Å²) in [6.07, 6.45) is 0. The molecule has 1 N–H and O–H groups in total. The van der Waals surface area contributed by atoms with Crippen molar-refractivity contribution in [2.45, 2.75) is 20.4 Å². The Labute approximate surface area is 127 Å². The minimum Gasteiger partial charge on any atom is -0.491 e. The quantitative estimate of drug-likeness (QED) is 0.752. The summed E-state index contributed by atoms with van der Waals surface area (Å²) >= 11 is 0. The number of methoxy groups -OCH3 is 1. The smallest absolute Gasteiger partial charge is 0.124 e. The Morgan fingerprint density at radius 2 is 1.86 bits per heavy atom. The van der Waals surface area contributed by atoms with Gasteiger partial charge >= 0.3 is 0 Å². The molecule has 3 nitrogen and oxygen atoms in total. The Morgan fingerprint density at radius 3 is 2.62 bits per heavy atom. The minimum atomic E-state index is 0.575. The van der Waals surface area contributed by atoms with Crippen molar-refractivity contribution in [1.29, 1.82) is 0 Å². The second-order valence-electron chi connectivity index (χ2n) is 5.63. The van der Waals surface area contributed by atoms with Gasteiger partial charge in [0.25, 0.3) is 0 Å². The molecule has 0 saturated carbocycles. The third-order valence-electron chi connectivity index (χ3n) is 3.40. The molecule has 0 aliphatic heterocycles. The molecule has 0 aliphatic carbocycles. The average molecular weight is 287 g/mol. The normalized spacial score (nSPS) is 11.2. The second-order valence-corrected chi connectivity index (χ2v) is 5.63. The van der Waals surface area contributed by atoms with Gasteiger partial charge in [0, 0.05) is 19.2 Å². The van der Waals surface area contributed by atoms with Gasteiger partial charge in [-0.05, 0) is 29.3 Å². The van der Waals surface area contributed by atoms with Crippen molar-refractivity contribution in [3.05, 3.63) is 42.0 Å². The molecule has 2 rings (SSSR count). The van der Waals surface area contributed by atoms with E-state index in [4.69, 9.17) is 9.47 Å².